The van der Waals surface area contributed by atoms with E-state index in [2.05, 4.69) is 0 Å². The molecule has 0 aliphatic carbocycles. The summed E-state index contributed by atoms with van der Waals surface area (Å²) >= 11 is 0. The van der Waals surface area contributed by atoms with Gasteiger partial charge in [0.1, 0.15) is 5.82 Å². The minimum absolute atomic E-state index is 0.00887. The van der Waals surface area contributed by atoms with Gasteiger partial charge in [-0.2, -0.15) is 0 Å². The molecule has 0 fully saturated rings. The number of carbonyl (C=O) groups is 2. The van der Waals surface area contributed by atoms with E-state index in [1.165, 1.54) is 30.3 Å². The van der Waals surface area contributed by atoms with Crippen molar-refractivity contribution in [3.8, 4) is 0 Å². The number of halogens is 1. The molecule has 5 nitrogen and oxygen atoms in total. The fourth-order valence-corrected chi connectivity index (χ4v) is 2.27. The Morgan fingerprint density at radius 1 is 1.04 bits per heavy atom. The van der Waals surface area contributed by atoms with Crippen LogP contribution in [0.5, 0.6) is 0 Å². The van der Waals surface area contributed by atoms with Crippen molar-refractivity contribution in [1.29, 1.82) is 0 Å². The maximum absolute atomic E-state index is 12.9. The van der Waals surface area contributed by atoms with Crippen molar-refractivity contribution in [2.24, 2.45) is 5.92 Å². The second kappa shape index (κ2) is 7.41. The van der Waals surface area contributed by atoms with Gasteiger partial charge in [-0.1, -0.05) is 24.3 Å². The summed E-state index contributed by atoms with van der Waals surface area (Å²) in [6.45, 7) is 0. The van der Waals surface area contributed by atoms with E-state index in [0.717, 1.165) is 0 Å². The first-order valence-electron chi connectivity index (χ1n) is 7.14. The normalized spacial score (nSPS) is 12.6. The fourth-order valence-electron chi connectivity index (χ4n) is 2.27. The lowest BCUT2D eigenvalue weighted by molar-refractivity contribution is -0.143. The predicted molar refractivity (Wildman–Crippen MR) is 87.7 cm³/mol. The van der Waals surface area contributed by atoms with Gasteiger partial charge in [-0.05, 0) is 47.9 Å². The van der Waals surface area contributed by atoms with E-state index in [1.54, 1.807) is 24.3 Å². The summed E-state index contributed by atoms with van der Waals surface area (Å²) in [7, 11) is 0. The number of benzene rings is 2. The van der Waals surface area contributed by atoms with Crippen molar-refractivity contribution in [2.45, 2.75) is 6.42 Å². The van der Waals surface area contributed by atoms with Crippen molar-refractivity contribution in [3.05, 3.63) is 71.0 Å². The fraction of sp³-hybridized carbons (Fsp3) is 0.111. The summed E-state index contributed by atoms with van der Waals surface area (Å²) in [5.74, 6) is -4.28. The van der Waals surface area contributed by atoms with Crippen LogP contribution in [0, 0.1) is 11.7 Å². The van der Waals surface area contributed by atoms with E-state index in [0.29, 0.717) is 16.8 Å². The van der Waals surface area contributed by atoms with Crippen molar-refractivity contribution in [2.75, 3.05) is 5.73 Å². The van der Waals surface area contributed by atoms with Crippen LogP contribution in [0.2, 0.25) is 0 Å². The lowest BCUT2D eigenvalue weighted by atomic mass is 9.90. The molecule has 2 aromatic carbocycles. The third-order valence-corrected chi connectivity index (χ3v) is 3.53. The van der Waals surface area contributed by atoms with E-state index >= 15 is 0 Å². The van der Waals surface area contributed by atoms with E-state index in [9.17, 15) is 24.2 Å². The van der Waals surface area contributed by atoms with Gasteiger partial charge in [-0.3, -0.25) is 4.79 Å². The molecule has 124 valence electrons. The van der Waals surface area contributed by atoms with Crippen LogP contribution in [0.4, 0.5) is 10.1 Å². The lowest BCUT2D eigenvalue weighted by Gasteiger charge is -2.14. The highest BCUT2D eigenvalue weighted by molar-refractivity contribution is 5.98. The Hall–Kier alpha value is -3.15. The molecule has 0 spiro atoms. The molecule has 2 rings (SSSR count). The smallest absolute Gasteiger partial charge is 0.332 e. The van der Waals surface area contributed by atoms with E-state index in [1.807, 2.05) is 0 Å². The summed E-state index contributed by atoms with van der Waals surface area (Å²) in [6, 6.07) is 11.7. The molecule has 0 aromatic heterocycles. The van der Waals surface area contributed by atoms with Gasteiger partial charge in [0, 0.05) is 5.69 Å². The molecule has 0 aliphatic heterocycles. The van der Waals surface area contributed by atoms with Gasteiger partial charge in [0.2, 0.25) is 0 Å². The average Bonchev–Trinajstić information content (AvgIpc) is 2.54. The molecule has 6 heteroatoms. The Balaban J connectivity index is 2.36. The van der Waals surface area contributed by atoms with Gasteiger partial charge in [-0.25, -0.2) is 9.18 Å². The zero-order valence-corrected chi connectivity index (χ0v) is 12.6. The molecule has 0 bridgehead atoms. The molecule has 0 saturated carbocycles. The van der Waals surface area contributed by atoms with Crippen molar-refractivity contribution < 1.29 is 24.2 Å². The standard InChI is InChI=1S/C18H16FNO4/c19-13-5-1-11(2-6-13)9-15(17(21)22)16(18(23)24)10-12-3-7-14(20)8-4-12/h1-9,16H,10,20H2,(H,21,22)(H,23,24)/b15-9-. The van der Waals surface area contributed by atoms with Crippen LogP contribution in [0.15, 0.2) is 54.1 Å². The molecule has 1 unspecified atom stereocenters. The van der Waals surface area contributed by atoms with Crippen LogP contribution in [0.25, 0.3) is 6.08 Å². The van der Waals surface area contributed by atoms with Crippen molar-refractivity contribution in [1.82, 2.24) is 0 Å². The van der Waals surface area contributed by atoms with Crippen molar-refractivity contribution in [3.63, 3.8) is 0 Å². The highest BCUT2D eigenvalue weighted by atomic mass is 19.1. The third kappa shape index (κ3) is 4.42. The van der Waals surface area contributed by atoms with Crippen molar-refractivity contribution >= 4 is 23.7 Å². The van der Waals surface area contributed by atoms with Crippen LogP contribution in [0.3, 0.4) is 0 Å². The molecular formula is C18H16FNO4. The minimum atomic E-state index is -1.33. The molecule has 1 atom stereocenters. The van der Waals surface area contributed by atoms with Gasteiger partial charge >= 0.3 is 11.9 Å². The minimum Gasteiger partial charge on any atom is -0.481 e. The van der Waals surface area contributed by atoms with Crippen LogP contribution in [0.1, 0.15) is 11.1 Å². The van der Waals surface area contributed by atoms with Gasteiger partial charge in [0.25, 0.3) is 0 Å². The lowest BCUT2D eigenvalue weighted by Crippen LogP contribution is -2.23. The Morgan fingerprint density at radius 3 is 2.12 bits per heavy atom. The van der Waals surface area contributed by atoms with Gasteiger partial charge in [0.15, 0.2) is 0 Å². The first kappa shape index (κ1) is 17.2. The van der Waals surface area contributed by atoms with Crippen LogP contribution in [-0.2, 0) is 16.0 Å². The molecule has 4 N–H and O–H groups in total. The molecule has 24 heavy (non-hydrogen) atoms. The monoisotopic (exact) mass is 329 g/mol. The molecule has 0 saturated heterocycles. The predicted octanol–water partition coefficient (Wildman–Crippen LogP) is 2.82. The highest BCUT2D eigenvalue weighted by Gasteiger charge is 2.27. The first-order chi connectivity index (χ1) is 11.4. The average molecular weight is 329 g/mol. The van der Waals surface area contributed by atoms with Crippen LogP contribution < -0.4 is 5.73 Å². The molecule has 0 amide bonds. The number of carboxylic acid groups (broad SMARTS) is 2. The summed E-state index contributed by atoms with van der Waals surface area (Å²) in [5.41, 5.74) is 6.92. The maximum Gasteiger partial charge on any atom is 0.332 e. The maximum atomic E-state index is 12.9. The molecule has 0 heterocycles. The summed E-state index contributed by atoms with van der Waals surface area (Å²) < 4.78 is 12.9. The summed E-state index contributed by atoms with van der Waals surface area (Å²) in [5, 5.41) is 18.8. The molecule has 0 radical (unpaired) electrons. The largest absolute Gasteiger partial charge is 0.481 e. The SMILES string of the molecule is Nc1ccc(CC(C(=O)O)/C(=C/c2ccc(F)cc2)C(=O)O)cc1. The Kier molecular flexibility index (Phi) is 5.31. The first-order valence-corrected chi connectivity index (χ1v) is 7.14. The summed E-state index contributed by atoms with van der Waals surface area (Å²) in [4.78, 5) is 23.1. The highest BCUT2D eigenvalue weighted by Crippen LogP contribution is 2.22. The van der Waals surface area contributed by atoms with E-state index in [4.69, 9.17) is 5.73 Å². The molecular weight excluding hydrogens is 313 g/mol. The number of carboxylic acids is 2. The van der Waals surface area contributed by atoms with E-state index in [-0.39, 0.29) is 12.0 Å². The Labute approximate surface area is 137 Å². The number of anilines is 1. The van der Waals surface area contributed by atoms with Crippen LogP contribution >= 0.6 is 0 Å². The molecule has 0 aliphatic rings. The third-order valence-electron chi connectivity index (χ3n) is 3.53. The zero-order valence-electron chi connectivity index (χ0n) is 12.6. The zero-order chi connectivity index (χ0) is 17.7. The number of aliphatic carboxylic acids is 2. The summed E-state index contributed by atoms with van der Waals surface area (Å²) in [6.07, 6.45) is 1.26. The second-order valence-corrected chi connectivity index (χ2v) is 5.29. The number of rotatable bonds is 6. The quantitative estimate of drug-likeness (QED) is 0.559. The Morgan fingerprint density at radius 2 is 1.62 bits per heavy atom. The Bertz CT molecular complexity index is 767. The van der Waals surface area contributed by atoms with Gasteiger partial charge in [0.05, 0.1) is 11.5 Å². The topological polar surface area (TPSA) is 101 Å². The number of hydrogen-bond acceptors (Lipinski definition) is 3. The second-order valence-electron chi connectivity index (χ2n) is 5.29. The number of hydrogen-bond donors (Lipinski definition) is 3. The number of nitrogens with two attached hydrogens (primary N) is 1. The van der Waals surface area contributed by atoms with Gasteiger partial charge < -0.3 is 15.9 Å². The number of nitrogen functional groups attached to an aromatic ring is 1. The van der Waals surface area contributed by atoms with E-state index < -0.39 is 23.7 Å². The van der Waals surface area contributed by atoms with Gasteiger partial charge in [-0.15, -0.1) is 0 Å². The van der Waals surface area contributed by atoms with Crippen LogP contribution in [-0.4, -0.2) is 22.2 Å². The molecule has 2 aromatic rings.